The molecule has 27 heavy (non-hydrogen) atoms. The average molecular weight is 379 g/mol. The van der Waals surface area contributed by atoms with Crippen molar-refractivity contribution in [2.45, 2.75) is 6.18 Å². The number of nitrogens with zero attached hydrogens (tertiary/aromatic N) is 2. The molecule has 6 nitrogen and oxygen atoms in total. The predicted molar refractivity (Wildman–Crippen MR) is 91.3 cm³/mol. The van der Waals surface area contributed by atoms with E-state index in [0.717, 1.165) is 0 Å². The molecule has 0 aliphatic carbocycles. The van der Waals surface area contributed by atoms with Gasteiger partial charge in [-0.1, -0.05) is 0 Å². The third kappa shape index (κ3) is 4.20. The Morgan fingerprint density at radius 1 is 1.07 bits per heavy atom. The number of hydrogen-bond donors (Lipinski definition) is 1. The van der Waals surface area contributed by atoms with E-state index < -0.39 is 12.1 Å². The van der Waals surface area contributed by atoms with Crippen molar-refractivity contribution in [3.63, 3.8) is 0 Å². The standard InChI is InChI=1S/C18H16F3N3O3/c1-25-14-7-4-12(10-23-14)15-16(27-17(24-15)18(19,20)21)11-2-5-13(6-3-11)26-9-8-22/h2-7,10H,8-9,22H2,1H3. The number of aromatic nitrogens is 2. The third-order valence-corrected chi connectivity index (χ3v) is 3.59. The van der Waals surface area contributed by atoms with E-state index in [9.17, 15) is 13.2 Å². The van der Waals surface area contributed by atoms with Crippen LogP contribution in [0.3, 0.4) is 0 Å². The summed E-state index contributed by atoms with van der Waals surface area (Å²) < 4.78 is 54.7. The molecule has 3 aromatic rings. The molecular weight excluding hydrogens is 363 g/mol. The van der Waals surface area contributed by atoms with Gasteiger partial charge in [-0.15, -0.1) is 0 Å². The predicted octanol–water partition coefficient (Wildman–Crippen LogP) is 3.77. The van der Waals surface area contributed by atoms with E-state index in [-0.39, 0.29) is 11.5 Å². The number of alkyl halides is 3. The maximum absolute atomic E-state index is 13.1. The monoisotopic (exact) mass is 379 g/mol. The van der Waals surface area contributed by atoms with Crippen molar-refractivity contribution in [2.24, 2.45) is 5.73 Å². The second-order valence-electron chi connectivity index (χ2n) is 5.45. The van der Waals surface area contributed by atoms with Gasteiger partial charge in [-0.2, -0.15) is 13.2 Å². The lowest BCUT2D eigenvalue weighted by Crippen LogP contribution is -2.10. The summed E-state index contributed by atoms with van der Waals surface area (Å²) in [6, 6.07) is 9.52. The molecule has 1 aromatic carbocycles. The van der Waals surface area contributed by atoms with Gasteiger partial charge in [0, 0.05) is 29.9 Å². The van der Waals surface area contributed by atoms with Gasteiger partial charge >= 0.3 is 12.1 Å². The molecule has 0 unspecified atom stereocenters. The second-order valence-corrected chi connectivity index (χ2v) is 5.45. The lowest BCUT2D eigenvalue weighted by atomic mass is 10.1. The zero-order chi connectivity index (χ0) is 19.4. The largest absolute Gasteiger partial charge is 0.492 e. The van der Waals surface area contributed by atoms with Crippen molar-refractivity contribution >= 4 is 0 Å². The molecular formula is C18H16F3N3O3. The van der Waals surface area contributed by atoms with Gasteiger partial charge in [-0.05, 0) is 30.3 Å². The summed E-state index contributed by atoms with van der Waals surface area (Å²) in [6.07, 6.45) is -3.34. The van der Waals surface area contributed by atoms with Crippen LogP contribution in [-0.2, 0) is 6.18 Å². The number of benzene rings is 1. The van der Waals surface area contributed by atoms with Gasteiger partial charge in [-0.25, -0.2) is 9.97 Å². The summed E-state index contributed by atoms with van der Waals surface area (Å²) in [7, 11) is 1.44. The zero-order valence-electron chi connectivity index (χ0n) is 14.3. The van der Waals surface area contributed by atoms with Crippen molar-refractivity contribution in [1.29, 1.82) is 0 Å². The van der Waals surface area contributed by atoms with E-state index in [0.29, 0.717) is 35.9 Å². The van der Waals surface area contributed by atoms with Crippen LogP contribution in [0.15, 0.2) is 47.0 Å². The summed E-state index contributed by atoms with van der Waals surface area (Å²) >= 11 is 0. The van der Waals surface area contributed by atoms with Gasteiger partial charge in [0.1, 0.15) is 18.1 Å². The minimum atomic E-state index is -4.71. The Bertz CT molecular complexity index is 891. The molecule has 0 spiro atoms. The number of hydrogen-bond acceptors (Lipinski definition) is 6. The van der Waals surface area contributed by atoms with Gasteiger partial charge in [0.05, 0.1) is 7.11 Å². The van der Waals surface area contributed by atoms with Crippen molar-refractivity contribution in [1.82, 2.24) is 9.97 Å². The number of methoxy groups -OCH3 is 1. The molecule has 2 heterocycles. The van der Waals surface area contributed by atoms with Crippen molar-refractivity contribution < 1.29 is 27.1 Å². The van der Waals surface area contributed by atoms with Gasteiger partial charge < -0.3 is 19.6 Å². The summed E-state index contributed by atoms with van der Waals surface area (Å²) in [6.45, 7) is 0.691. The van der Waals surface area contributed by atoms with Crippen molar-refractivity contribution in [3.8, 4) is 34.2 Å². The minimum absolute atomic E-state index is 0.0142. The highest BCUT2D eigenvalue weighted by molar-refractivity contribution is 5.76. The van der Waals surface area contributed by atoms with Gasteiger partial charge in [-0.3, -0.25) is 0 Å². The molecule has 0 aliphatic rings. The van der Waals surface area contributed by atoms with E-state index in [4.69, 9.17) is 19.6 Å². The summed E-state index contributed by atoms with van der Waals surface area (Å²) in [5, 5.41) is 0. The maximum atomic E-state index is 13.1. The first-order valence-electron chi connectivity index (χ1n) is 7.94. The lowest BCUT2D eigenvalue weighted by molar-refractivity contribution is -0.156. The summed E-state index contributed by atoms with van der Waals surface area (Å²) in [4.78, 5) is 7.65. The van der Waals surface area contributed by atoms with Gasteiger partial charge in [0.2, 0.25) is 5.88 Å². The Kier molecular flexibility index (Phi) is 5.31. The van der Waals surface area contributed by atoms with Crippen LogP contribution in [0.4, 0.5) is 13.2 Å². The SMILES string of the molecule is COc1ccc(-c2nc(C(F)(F)F)oc2-c2ccc(OCCN)cc2)cn1. The number of pyridine rings is 1. The number of oxazole rings is 1. The van der Waals surface area contributed by atoms with Crippen LogP contribution in [0.1, 0.15) is 5.89 Å². The lowest BCUT2D eigenvalue weighted by Gasteiger charge is -2.06. The van der Waals surface area contributed by atoms with Crippen LogP contribution in [0.25, 0.3) is 22.6 Å². The highest BCUT2D eigenvalue weighted by Gasteiger charge is 2.39. The highest BCUT2D eigenvalue weighted by Crippen LogP contribution is 2.38. The van der Waals surface area contributed by atoms with Crippen LogP contribution in [0.2, 0.25) is 0 Å². The van der Waals surface area contributed by atoms with E-state index in [1.54, 1.807) is 30.3 Å². The third-order valence-electron chi connectivity index (χ3n) is 3.59. The van der Waals surface area contributed by atoms with Crippen LogP contribution < -0.4 is 15.2 Å². The Labute approximate surface area is 152 Å². The van der Waals surface area contributed by atoms with Gasteiger partial charge in [0.15, 0.2) is 5.76 Å². The van der Waals surface area contributed by atoms with Crippen LogP contribution in [0.5, 0.6) is 11.6 Å². The molecule has 0 radical (unpaired) electrons. The average Bonchev–Trinajstić information content (AvgIpc) is 3.13. The molecule has 0 saturated heterocycles. The quantitative estimate of drug-likeness (QED) is 0.702. The van der Waals surface area contributed by atoms with E-state index >= 15 is 0 Å². The molecule has 0 fully saturated rings. The normalized spacial score (nSPS) is 11.4. The Morgan fingerprint density at radius 3 is 2.33 bits per heavy atom. The van der Waals surface area contributed by atoms with Crippen molar-refractivity contribution in [2.75, 3.05) is 20.3 Å². The summed E-state index contributed by atoms with van der Waals surface area (Å²) in [5.74, 6) is -0.458. The molecule has 0 bridgehead atoms. The molecule has 9 heteroatoms. The zero-order valence-corrected chi connectivity index (χ0v) is 14.3. The Hall–Kier alpha value is -3.07. The van der Waals surface area contributed by atoms with E-state index in [1.807, 2.05) is 0 Å². The first-order chi connectivity index (χ1) is 12.9. The molecule has 0 saturated carbocycles. The Balaban J connectivity index is 2.03. The van der Waals surface area contributed by atoms with Crippen LogP contribution >= 0.6 is 0 Å². The smallest absolute Gasteiger partial charge is 0.468 e. The molecule has 2 aromatic heterocycles. The van der Waals surface area contributed by atoms with Crippen LogP contribution in [-0.4, -0.2) is 30.2 Å². The maximum Gasteiger partial charge on any atom is 0.468 e. The minimum Gasteiger partial charge on any atom is -0.492 e. The fraction of sp³-hybridized carbons (Fsp3) is 0.222. The number of nitrogens with two attached hydrogens (primary N) is 1. The molecule has 0 amide bonds. The first kappa shape index (κ1) is 18.7. The second kappa shape index (κ2) is 7.67. The highest BCUT2D eigenvalue weighted by atomic mass is 19.4. The number of halogens is 3. The van der Waals surface area contributed by atoms with E-state index in [2.05, 4.69) is 9.97 Å². The summed E-state index contributed by atoms with van der Waals surface area (Å²) in [5.41, 5.74) is 6.20. The molecule has 0 aliphatic heterocycles. The molecule has 2 N–H and O–H groups in total. The molecule has 0 atom stereocenters. The molecule has 3 rings (SSSR count). The first-order valence-corrected chi connectivity index (χ1v) is 7.94. The van der Waals surface area contributed by atoms with Crippen molar-refractivity contribution in [3.05, 3.63) is 48.5 Å². The number of ether oxygens (including phenoxy) is 2. The van der Waals surface area contributed by atoms with E-state index in [1.165, 1.54) is 19.4 Å². The van der Waals surface area contributed by atoms with Gasteiger partial charge in [0.25, 0.3) is 0 Å². The van der Waals surface area contributed by atoms with Crippen LogP contribution in [0, 0.1) is 0 Å². The number of rotatable bonds is 6. The Morgan fingerprint density at radius 2 is 1.78 bits per heavy atom. The fourth-order valence-electron chi connectivity index (χ4n) is 2.35. The molecule has 142 valence electrons. The topological polar surface area (TPSA) is 83.4 Å². The fourth-order valence-corrected chi connectivity index (χ4v) is 2.35.